The number of methoxy groups -OCH3 is 1. The third-order valence-corrected chi connectivity index (χ3v) is 5.78. The van der Waals surface area contributed by atoms with E-state index >= 15 is 0 Å². The Morgan fingerprint density at radius 2 is 2.25 bits per heavy atom. The molecule has 1 unspecified atom stereocenters. The van der Waals surface area contributed by atoms with Crippen LogP contribution in [-0.2, 0) is 21.3 Å². The second-order valence-electron chi connectivity index (χ2n) is 4.82. The van der Waals surface area contributed by atoms with Gasteiger partial charge >= 0.3 is 0 Å². The SMILES string of the molecule is COC1CCCN(S(=O)(=O)c2ccc(Cl)c(CN)c2)C1. The molecule has 0 spiro atoms. The van der Waals surface area contributed by atoms with Crippen LogP contribution in [0, 0.1) is 0 Å². The number of piperidine rings is 1. The molecule has 1 saturated heterocycles. The molecule has 1 aliphatic rings. The molecular weight excluding hydrogens is 300 g/mol. The van der Waals surface area contributed by atoms with Crippen molar-refractivity contribution in [3.63, 3.8) is 0 Å². The average molecular weight is 319 g/mol. The van der Waals surface area contributed by atoms with Gasteiger partial charge in [-0.05, 0) is 36.6 Å². The molecule has 1 atom stereocenters. The monoisotopic (exact) mass is 318 g/mol. The Kier molecular flexibility index (Phi) is 5.04. The molecule has 1 fully saturated rings. The summed E-state index contributed by atoms with van der Waals surface area (Å²) in [5, 5.41) is 0.486. The Labute approximate surface area is 124 Å². The van der Waals surface area contributed by atoms with Gasteiger partial charge in [0, 0.05) is 31.8 Å². The first kappa shape index (κ1) is 15.7. The summed E-state index contributed by atoms with van der Waals surface area (Å²) >= 11 is 5.97. The second-order valence-corrected chi connectivity index (χ2v) is 7.17. The van der Waals surface area contributed by atoms with Gasteiger partial charge in [-0.25, -0.2) is 8.42 Å². The number of rotatable bonds is 4. The molecule has 0 bridgehead atoms. The van der Waals surface area contributed by atoms with Crippen LogP contribution in [0.25, 0.3) is 0 Å². The van der Waals surface area contributed by atoms with Crippen molar-refractivity contribution in [2.24, 2.45) is 5.73 Å². The van der Waals surface area contributed by atoms with Crippen LogP contribution in [0.1, 0.15) is 18.4 Å². The Hall–Kier alpha value is -0.660. The van der Waals surface area contributed by atoms with Crippen LogP contribution in [-0.4, -0.2) is 39.0 Å². The topological polar surface area (TPSA) is 72.6 Å². The third kappa shape index (κ3) is 3.15. The first-order valence-corrected chi connectivity index (χ1v) is 8.32. The van der Waals surface area contributed by atoms with Gasteiger partial charge in [-0.1, -0.05) is 11.6 Å². The summed E-state index contributed by atoms with van der Waals surface area (Å²) < 4.78 is 32.0. The molecule has 0 aliphatic carbocycles. The van der Waals surface area contributed by atoms with E-state index in [-0.39, 0.29) is 17.5 Å². The van der Waals surface area contributed by atoms with Crippen LogP contribution < -0.4 is 5.73 Å². The van der Waals surface area contributed by atoms with E-state index in [1.807, 2.05) is 0 Å². The highest BCUT2D eigenvalue weighted by Gasteiger charge is 2.30. The number of sulfonamides is 1. The lowest BCUT2D eigenvalue weighted by molar-refractivity contribution is 0.0572. The highest BCUT2D eigenvalue weighted by molar-refractivity contribution is 7.89. The van der Waals surface area contributed by atoms with Crippen molar-refractivity contribution in [2.45, 2.75) is 30.4 Å². The molecule has 2 N–H and O–H groups in total. The van der Waals surface area contributed by atoms with Crippen molar-refractivity contribution >= 4 is 21.6 Å². The van der Waals surface area contributed by atoms with E-state index in [1.54, 1.807) is 19.2 Å². The standard InChI is InChI=1S/C13H19ClN2O3S/c1-19-11-3-2-6-16(9-11)20(17,18)12-4-5-13(14)10(7-12)8-15/h4-5,7,11H,2-3,6,8-9,15H2,1H3. The van der Waals surface area contributed by atoms with E-state index in [1.165, 1.54) is 10.4 Å². The Morgan fingerprint density at radius 3 is 2.90 bits per heavy atom. The van der Waals surface area contributed by atoms with Gasteiger partial charge in [0.25, 0.3) is 0 Å². The summed E-state index contributed by atoms with van der Waals surface area (Å²) in [6.07, 6.45) is 1.64. The number of halogens is 1. The molecule has 1 aromatic carbocycles. The van der Waals surface area contributed by atoms with Crippen LogP contribution in [0.4, 0.5) is 0 Å². The van der Waals surface area contributed by atoms with Crippen molar-refractivity contribution in [3.05, 3.63) is 28.8 Å². The van der Waals surface area contributed by atoms with Crippen LogP contribution in [0.2, 0.25) is 5.02 Å². The lowest BCUT2D eigenvalue weighted by Crippen LogP contribution is -2.42. The summed E-state index contributed by atoms with van der Waals surface area (Å²) in [6, 6.07) is 4.65. The summed E-state index contributed by atoms with van der Waals surface area (Å²) in [4.78, 5) is 0.235. The molecule has 0 aromatic heterocycles. The number of nitrogens with two attached hydrogens (primary N) is 1. The summed E-state index contributed by atoms with van der Waals surface area (Å²) in [6.45, 7) is 1.12. The van der Waals surface area contributed by atoms with Gasteiger partial charge in [0.1, 0.15) is 0 Å². The molecule has 7 heteroatoms. The van der Waals surface area contributed by atoms with Crippen molar-refractivity contribution in [1.29, 1.82) is 0 Å². The fourth-order valence-electron chi connectivity index (χ4n) is 2.33. The molecule has 0 amide bonds. The number of hydrogen-bond donors (Lipinski definition) is 1. The van der Waals surface area contributed by atoms with Gasteiger partial charge in [-0.15, -0.1) is 0 Å². The second kappa shape index (κ2) is 6.41. The number of nitrogens with zero attached hydrogens (tertiary/aromatic N) is 1. The lowest BCUT2D eigenvalue weighted by atomic mass is 10.1. The summed E-state index contributed by atoms with van der Waals surface area (Å²) in [7, 11) is -1.91. The Balaban J connectivity index is 2.30. The lowest BCUT2D eigenvalue weighted by Gasteiger charge is -2.31. The minimum absolute atomic E-state index is 0.0418. The minimum atomic E-state index is -3.52. The number of ether oxygens (including phenoxy) is 1. The van der Waals surface area contributed by atoms with Crippen LogP contribution >= 0.6 is 11.6 Å². The normalized spacial score (nSPS) is 21.1. The van der Waals surface area contributed by atoms with Crippen LogP contribution in [0.15, 0.2) is 23.1 Å². The molecule has 2 rings (SSSR count). The zero-order valence-electron chi connectivity index (χ0n) is 11.4. The molecule has 1 heterocycles. The first-order chi connectivity index (χ1) is 9.48. The van der Waals surface area contributed by atoms with Gasteiger partial charge in [0.15, 0.2) is 0 Å². The fourth-order valence-corrected chi connectivity index (χ4v) is 4.09. The summed E-state index contributed by atoms with van der Waals surface area (Å²) in [5.74, 6) is 0. The van der Waals surface area contributed by atoms with Gasteiger partial charge in [-0.2, -0.15) is 4.31 Å². The minimum Gasteiger partial charge on any atom is -0.380 e. The highest BCUT2D eigenvalue weighted by Crippen LogP contribution is 2.25. The van der Waals surface area contributed by atoms with E-state index in [0.29, 0.717) is 23.7 Å². The van der Waals surface area contributed by atoms with E-state index < -0.39 is 10.0 Å². The molecule has 1 aromatic rings. The maximum Gasteiger partial charge on any atom is 0.243 e. The van der Waals surface area contributed by atoms with Crippen molar-refractivity contribution in [1.82, 2.24) is 4.31 Å². The Bertz CT molecular complexity index is 577. The van der Waals surface area contributed by atoms with E-state index in [0.717, 1.165) is 12.8 Å². The Morgan fingerprint density at radius 1 is 1.50 bits per heavy atom. The largest absolute Gasteiger partial charge is 0.380 e. The van der Waals surface area contributed by atoms with Crippen LogP contribution in [0.5, 0.6) is 0 Å². The van der Waals surface area contributed by atoms with E-state index in [9.17, 15) is 8.42 Å². The molecule has 1 aliphatic heterocycles. The zero-order valence-corrected chi connectivity index (χ0v) is 13.0. The van der Waals surface area contributed by atoms with Crippen LogP contribution in [0.3, 0.4) is 0 Å². The molecule has 5 nitrogen and oxygen atoms in total. The molecule has 0 saturated carbocycles. The van der Waals surface area contributed by atoms with E-state index in [4.69, 9.17) is 22.1 Å². The van der Waals surface area contributed by atoms with Gasteiger partial charge in [0.05, 0.1) is 11.0 Å². The highest BCUT2D eigenvalue weighted by atomic mass is 35.5. The predicted molar refractivity (Wildman–Crippen MR) is 78.1 cm³/mol. The molecule has 0 radical (unpaired) electrons. The third-order valence-electron chi connectivity index (χ3n) is 3.55. The smallest absolute Gasteiger partial charge is 0.243 e. The van der Waals surface area contributed by atoms with Gasteiger partial charge < -0.3 is 10.5 Å². The molecule has 20 heavy (non-hydrogen) atoms. The van der Waals surface area contributed by atoms with Crippen molar-refractivity contribution in [2.75, 3.05) is 20.2 Å². The molecule has 112 valence electrons. The number of benzene rings is 1. The summed E-state index contributed by atoms with van der Waals surface area (Å²) in [5.41, 5.74) is 6.20. The maximum atomic E-state index is 12.6. The predicted octanol–water partition coefficient (Wildman–Crippen LogP) is 1.60. The van der Waals surface area contributed by atoms with Crippen molar-refractivity contribution < 1.29 is 13.2 Å². The molecular formula is C13H19ClN2O3S. The average Bonchev–Trinajstić information content (AvgIpc) is 2.47. The van der Waals surface area contributed by atoms with Gasteiger partial charge in [0.2, 0.25) is 10.0 Å². The quantitative estimate of drug-likeness (QED) is 0.915. The maximum absolute atomic E-state index is 12.6. The number of hydrogen-bond acceptors (Lipinski definition) is 4. The van der Waals surface area contributed by atoms with Crippen molar-refractivity contribution in [3.8, 4) is 0 Å². The first-order valence-electron chi connectivity index (χ1n) is 6.50. The fraction of sp³-hybridized carbons (Fsp3) is 0.538. The zero-order chi connectivity index (χ0) is 14.8. The van der Waals surface area contributed by atoms with Gasteiger partial charge in [-0.3, -0.25) is 0 Å². The van der Waals surface area contributed by atoms with E-state index in [2.05, 4.69) is 0 Å².